The molecule has 1 saturated carbocycles. The van der Waals surface area contributed by atoms with Crippen molar-refractivity contribution in [2.24, 2.45) is 5.41 Å². The minimum absolute atomic E-state index is 0.103. The van der Waals surface area contributed by atoms with Gasteiger partial charge >= 0.3 is 0 Å². The number of halogens is 1. The van der Waals surface area contributed by atoms with Crippen molar-refractivity contribution in [3.63, 3.8) is 0 Å². The highest BCUT2D eigenvalue weighted by atomic mass is 79.9. The highest BCUT2D eigenvalue weighted by Crippen LogP contribution is 2.48. The summed E-state index contributed by atoms with van der Waals surface area (Å²) in [6, 6.07) is 5.30. The average Bonchev–Trinajstić information content (AvgIpc) is 3.14. The van der Waals surface area contributed by atoms with Crippen LogP contribution in [0.25, 0.3) is 0 Å². The van der Waals surface area contributed by atoms with Crippen LogP contribution in [0, 0.1) is 5.41 Å². The lowest BCUT2D eigenvalue weighted by atomic mass is 10.0. The van der Waals surface area contributed by atoms with Gasteiger partial charge in [-0.1, -0.05) is 15.9 Å². The zero-order valence-corrected chi connectivity index (χ0v) is 12.6. The van der Waals surface area contributed by atoms with E-state index in [1.807, 2.05) is 6.07 Å². The van der Waals surface area contributed by atoms with Crippen molar-refractivity contribution in [3.05, 3.63) is 28.2 Å². The predicted molar refractivity (Wildman–Crippen MR) is 79.0 cm³/mol. The van der Waals surface area contributed by atoms with Crippen LogP contribution in [0.3, 0.4) is 0 Å². The van der Waals surface area contributed by atoms with Gasteiger partial charge in [-0.2, -0.15) is 0 Å². The second-order valence-electron chi connectivity index (χ2n) is 5.16. The van der Waals surface area contributed by atoms with Crippen molar-refractivity contribution in [1.29, 1.82) is 0 Å². The van der Waals surface area contributed by atoms with E-state index in [0.717, 1.165) is 30.3 Å². The van der Waals surface area contributed by atoms with E-state index in [1.165, 1.54) is 0 Å². The highest BCUT2D eigenvalue weighted by molar-refractivity contribution is 9.10. The molecule has 3 N–H and O–H groups in total. The van der Waals surface area contributed by atoms with Crippen LogP contribution >= 0.6 is 15.9 Å². The Morgan fingerprint density at radius 1 is 1.53 bits per heavy atom. The van der Waals surface area contributed by atoms with Crippen LogP contribution in [0.15, 0.2) is 22.7 Å². The average molecular weight is 327 g/mol. The maximum Gasteiger partial charge on any atom is 0.253 e. The summed E-state index contributed by atoms with van der Waals surface area (Å²) in [5.41, 5.74) is 7.12. The third kappa shape index (κ3) is 3.70. The van der Waals surface area contributed by atoms with Gasteiger partial charge in [0.25, 0.3) is 5.91 Å². The lowest BCUT2D eigenvalue weighted by Crippen LogP contribution is -2.31. The van der Waals surface area contributed by atoms with Gasteiger partial charge in [-0.25, -0.2) is 0 Å². The number of amides is 1. The molecule has 1 aromatic rings. The van der Waals surface area contributed by atoms with Crippen LogP contribution in [-0.4, -0.2) is 26.2 Å². The summed E-state index contributed by atoms with van der Waals surface area (Å²) in [5, 5.41) is 2.98. The molecule has 0 radical (unpaired) electrons. The Morgan fingerprint density at radius 3 is 2.84 bits per heavy atom. The molecule has 5 heteroatoms. The standard InChI is InChI=1S/C14H19BrN2O2/c1-19-7-6-14(4-5-14)9-17-13(18)11-3-2-10(15)8-12(11)16/h2-3,8H,4-7,9,16H2,1H3,(H,17,18). The molecule has 1 amide bonds. The number of nitrogens with one attached hydrogen (secondary N) is 1. The zero-order valence-electron chi connectivity index (χ0n) is 11.0. The van der Waals surface area contributed by atoms with E-state index in [9.17, 15) is 4.79 Å². The maximum atomic E-state index is 12.1. The molecular weight excluding hydrogens is 308 g/mol. The largest absolute Gasteiger partial charge is 0.398 e. The molecule has 0 aliphatic heterocycles. The van der Waals surface area contributed by atoms with E-state index in [2.05, 4.69) is 21.2 Å². The monoisotopic (exact) mass is 326 g/mol. The number of hydrogen-bond donors (Lipinski definition) is 2. The number of nitrogen functional groups attached to an aromatic ring is 1. The third-order valence-corrected chi connectivity index (χ3v) is 4.17. The Bertz CT molecular complexity index is 473. The first-order valence-electron chi connectivity index (χ1n) is 6.38. The van der Waals surface area contributed by atoms with Gasteiger partial charge in [-0.3, -0.25) is 4.79 Å². The van der Waals surface area contributed by atoms with Crippen LogP contribution in [0.2, 0.25) is 0 Å². The number of hydrogen-bond acceptors (Lipinski definition) is 3. The van der Waals surface area contributed by atoms with E-state index in [1.54, 1.807) is 19.2 Å². The molecule has 2 rings (SSSR count). The molecule has 1 aromatic carbocycles. The Kier molecular flexibility index (Phi) is 4.47. The van der Waals surface area contributed by atoms with Crippen molar-refractivity contribution in [1.82, 2.24) is 5.32 Å². The predicted octanol–water partition coefficient (Wildman–Crippen LogP) is 2.58. The van der Waals surface area contributed by atoms with Gasteiger partial charge < -0.3 is 15.8 Å². The van der Waals surface area contributed by atoms with Gasteiger partial charge in [0.15, 0.2) is 0 Å². The number of carbonyl (C=O) groups excluding carboxylic acids is 1. The number of rotatable bonds is 6. The fourth-order valence-corrected chi connectivity index (χ4v) is 2.49. The van der Waals surface area contributed by atoms with Crippen molar-refractivity contribution in [2.75, 3.05) is 26.0 Å². The van der Waals surface area contributed by atoms with E-state index in [4.69, 9.17) is 10.5 Å². The van der Waals surface area contributed by atoms with Gasteiger partial charge in [0, 0.05) is 30.4 Å². The van der Waals surface area contributed by atoms with Gasteiger partial charge in [0.1, 0.15) is 0 Å². The molecule has 0 unspecified atom stereocenters. The minimum Gasteiger partial charge on any atom is -0.398 e. The first kappa shape index (κ1) is 14.3. The second kappa shape index (κ2) is 5.92. The normalized spacial score (nSPS) is 16.1. The maximum absolute atomic E-state index is 12.1. The summed E-state index contributed by atoms with van der Waals surface area (Å²) < 4.78 is 5.98. The molecule has 0 atom stereocenters. The number of methoxy groups -OCH3 is 1. The van der Waals surface area contributed by atoms with Crippen LogP contribution in [0.1, 0.15) is 29.6 Å². The van der Waals surface area contributed by atoms with Crippen LogP contribution < -0.4 is 11.1 Å². The van der Waals surface area contributed by atoms with Gasteiger partial charge in [0.05, 0.1) is 5.56 Å². The zero-order chi connectivity index (χ0) is 13.9. The molecule has 1 aliphatic carbocycles. The van der Waals surface area contributed by atoms with Crippen LogP contribution in [0.5, 0.6) is 0 Å². The SMILES string of the molecule is COCCC1(CNC(=O)c2ccc(Br)cc2N)CC1. The molecular formula is C14H19BrN2O2. The van der Waals surface area contributed by atoms with Crippen LogP contribution in [0.4, 0.5) is 5.69 Å². The second-order valence-corrected chi connectivity index (χ2v) is 6.07. The van der Waals surface area contributed by atoms with E-state index in [-0.39, 0.29) is 11.3 Å². The molecule has 0 heterocycles. The number of ether oxygens (including phenoxy) is 1. The molecule has 4 nitrogen and oxygen atoms in total. The molecule has 104 valence electrons. The van der Waals surface area contributed by atoms with Crippen LogP contribution in [-0.2, 0) is 4.74 Å². The summed E-state index contributed by atoms with van der Waals surface area (Å²) in [7, 11) is 1.71. The fraction of sp³-hybridized carbons (Fsp3) is 0.500. The molecule has 19 heavy (non-hydrogen) atoms. The number of benzene rings is 1. The van der Waals surface area contributed by atoms with Crippen molar-refractivity contribution in [2.45, 2.75) is 19.3 Å². The molecule has 1 aliphatic rings. The van der Waals surface area contributed by atoms with E-state index >= 15 is 0 Å². The number of anilines is 1. The Labute approximate surface area is 121 Å². The van der Waals surface area contributed by atoms with Gasteiger partial charge in [0.2, 0.25) is 0 Å². The minimum atomic E-state index is -0.103. The van der Waals surface area contributed by atoms with E-state index in [0.29, 0.717) is 17.8 Å². The highest BCUT2D eigenvalue weighted by Gasteiger charge is 2.42. The Hall–Kier alpha value is -1.07. The smallest absolute Gasteiger partial charge is 0.253 e. The first-order chi connectivity index (χ1) is 9.06. The van der Waals surface area contributed by atoms with Crippen molar-refractivity contribution >= 4 is 27.5 Å². The van der Waals surface area contributed by atoms with Crippen molar-refractivity contribution in [3.8, 4) is 0 Å². The topological polar surface area (TPSA) is 64.3 Å². The third-order valence-electron chi connectivity index (χ3n) is 3.68. The molecule has 0 bridgehead atoms. The lowest BCUT2D eigenvalue weighted by Gasteiger charge is -2.16. The summed E-state index contributed by atoms with van der Waals surface area (Å²) >= 11 is 3.33. The van der Waals surface area contributed by atoms with Crippen molar-refractivity contribution < 1.29 is 9.53 Å². The molecule has 0 saturated heterocycles. The number of nitrogens with two attached hydrogens (primary N) is 1. The molecule has 0 aromatic heterocycles. The summed E-state index contributed by atoms with van der Waals surface area (Å²) in [5.74, 6) is -0.103. The Balaban J connectivity index is 1.91. The van der Waals surface area contributed by atoms with Gasteiger partial charge in [-0.05, 0) is 42.9 Å². The quantitative estimate of drug-likeness (QED) is 0.790. The summed E-state index contributed by atoms with van der Waals surface area (Å²) in [6.45, 7) is 1.45. The lowest BCUT2D eigenvalue weighted by molar-refractivity contribution is 0.0939. The molecule has 1 fully saturated rings. The molecule has 0 spiro atoms. The Morgan fingerprint density at radius 2 is 2.26 bits per heavy atom. The summed E-state index contributed by atoms with van der Waals surface area (Å²) in [4.78, 5) is 12.1. The fourth-order valence-electron chi connectivity index (χ4n) is 2.11. The van der Waals surface area contributed by atoms with Gasteiger partial charge in [-0.15, -0.1) is 0 Å². The van der Waals surface area contributed by atoms with E-state index < -0.39 is 0 Å². The number of carbonyl (C=O) groups is 1. The summed E-state index contributed by atoms with van der Waals surface area (Å²) in [6.07, 6.45) is 3.32. The first-order valence-corrected chi connectivity index (χ1v) is 7.18.